The Hall–Kier alpha value is -2.09. The second kappa shape index (κ2) is 8.51. The number of carbonyl (C=O) groups is 1. The van der Waals surface area contributed by atoms with Gasteiger partial charge in [-0.15, -0.1) is 0 Å². The first-order chi connectivity index (χ1) is 13.3. The van der Waals surface area contributed by atoms with E-state index in [-0.39, 0.29) is 21.9 Å². The molecule has 2 aromatic carbocycles. The van der Waals surface area contributed by atoms with Gasteiger partial charge in [0.2, 0.25) is 10.0 Å². The number of halogens is 1. The second-order valence-corrected chi connectivity index (χ2v) is 9.17. The van der Waals surface area contributed by atoms with Gasteiger partial charge in [0.15, 0.2) is 0 Å². The van der Waals surface area contributed by atoms with E-state index in [0.29, 0.717) is 25.4 Å². The molecule has 150 valence electrons. The van der Waals surface area contributed by atoms with Crippen molar-refractivity contribution in [2.24, 2.45) is 0 Å². The van der Waals surface area contributed by atoms with E-state index in [9.17, 15) is 13.2 Å². The van der Waals surface area contributed by atoms with E-state index >= 15 is 0 Å². The summed E-state index contributed by atoms with van der Waals surface area (Å²) in [4.78, 5) is 12.8. The van der Waals surface area contributed by atoms with Crippen LogP contribution in [0.1, 0.15) is 28.8 Å². The van der Waals surface area contributed by atoms with E-state index in [1.165, 1.54) is 18.2 Å². The maximum Gasteiger partial charge on any atom is 0.252 e. The summed E-state index contributed by atoms with van der Waals surface area (Å²) in [6.07, 6.45) is 2.66. The number of carbonyl (C=O) groups excluding carboxylic acids is 1. The molecule has 0 unspecified atom stereocenters. The fraction of sp³-hybridized carbons (Fsp3) is 0.350. The lowest BCUT2D eigenvalue weighted by molar-refractivity contribution is 0.0487. The highest BCUT2D eigenvalue weighted by Crippen LogP contribution is 2.34. The van der Waals surface area contributed by atoms with Crippen molar-refractivity contribution in [2.75, 3.05) is 30.7 Å². The number of hydrogen-bond acceptors (Lipinski definition) is 4. The minimum atomic E-state index is -3.45. The molecule has 1 aliphatic rings. The summed E-state index contributed by atoms with van der Waals surface area (Å²) >= 11 is 6.18. The molecule has 1 amide bonds. The molecule has 3 rings (SSSR count). The Morgan fingerprint density at radius 1 is 1.14 bits per heavy atom. The van der Waals surface area contributed by atoms with Crippen LogP contribution in [-0.4, -0.2) is 40.3 Å². The molecule has 0 saturated carbocycles. The fourth-order valence-corrected chi connectivity index (χ4v) is 4.20. The Labute approximate surface area is 170 Å². The van der Waals surface area contributed by atoms with Gasteiger partial charge in [0.25, 0.3) is 5.91 Å². The maximum atomic E-state index is 12.8. The third-order valence-electron chi connectivity index (χ3n) is 4.94. The van der Waals surface area contributed by atoms with Crippen LogP contribution in [0.5, 0.6) is 0 Å². The molecule has 0 spiro atoms. The summed E-state index contributed by atoms with van der Waals surface area (Å²) in [7, 11) is -3.45. The topological polar surface area (TPSA) is 84.5 Å². The van der Waals surface area contributed by atoms with Crippen molar-refractivity contribution in [3.63, 3.8) is 0 Å². The number of nitrogens with one attached hydrogen (secondary N) is 2. The van der Waals surface area contributed by atoms with Crippen molar-refractivity contribution >= 4 is 33.2 Å². The average molecular weight is 423 g/mol. The quantitative estimate of drug-likeness (QED) is 0.748. The number of hydrogen-bond donors (Lipinski definition) is 2. The summed E-state index contributed by atoms with van der Waals surface area (Å²) < 4.78 is 30.8. The standard InChI is InChI=1S/C20H23ClN2O4S/c1-28(25,26)23-16-7-8-18(21)17(13-16)19(24)22-14-20(9-11-27-12-10-20)15-5-3-2-4-6-15/h2-8,13,23H,9-12,14H2,1H3,(H,22,24). The molecule has 0 atom stereocenters. The van der Waals surface area contributed by atoms with Gasteiger partial charge < -0.3 is 10.1 Å². The van der Waals surface area contributed by atoms with E-state index in [1.54, 1.807) is 0 Å². The average Bonchev–Trinajstić information content (AvgIpc) is 2.68. The van der Waals surface area contributed by atoms with Gasteiger partial charge in [0.1, 0.15) is 0 Å². The first-order valence-corrected chi connectivity index (χ1v) is 11.2. The molecular weight excluding hydrogens is 400 g/mol. The Balaban J connectivity index is 1.79. The Bertz CT molecular complexity index is 942. The van der Waals surface area contributed by atoms with E-state index in [4.69, 9.17) is 16.3 Å². The van der Waals surface area contributed by atoms with Crippen LogP contribution < -0.4 is 10.0 Å². The van der Waals surface area contributed by atoms with Gasteiger partial charge in [-0.3, -0.25) is 9.52 Å². The van der Waals surface area contributed by atoms with Crippen molar-refractivity contribution < 1.29 is 17.9 Å². The zero-order chi connectivity index (χ0) is 20.2. The highest BCUT2D eigenvalue weighted by atomic mass is 35.5. The van der Waals surface area contributed by atoms with Crippen LogP contribution in [0.15, 0.2) is 48.5 Å². The van der Waals surface area contributed by atoms with E-state index in [0.717, 1.165) is 24.7 Å². The van der Waals surface area contributed by atoms with Crippen LogP contribution in [0.4, 0.5) is 5.69 Å². The molecule has 6 nitrogen and oxygen atoms in total. The maximum absolute atomic E-state index is 12.8. The summed E-state index contributed by atoms with van der Waals surface area (Å²) in [6.45, 7) is 1.72. The molecule has 2 N–H and O–H groups in total. The molecule has 1 aliphatic heterocycles. The first-order valence-electron chi connectivity index (χ1n) is 8.98. The molecule has 8 heteroatoms. The second-order valence-electron chi connectivity index (χ2n) is 7.01. The van der Waals surface area contributed by atoms with Gasteiger partial charge in [-0.2, -0.15) is 0 Å². The lowest BCUT2D eigenvalue weighted by atomic mass is 9.74. The Morgan fingerprint density at radius 3 is 2.46 bits per heavy atom. The first kappa shape index (κ1) is 20.6. The molecule has 0 bridgehead atoms. The smallest absolute Gasteiger partial charge is 0.252 e. The SMILES string of the molecule is CS(=O)(=O)Nc1ccc(Cl)c(C(=O)NCC2(c3ccccc3)CCOCC2)c1. The van der Waals surface area contributed by atoms with Gasteiger partial charge in [0.05, 0.1) is 16.8 Å². The Morgan fingerprint density at radius 2 is 1.82 bits per heavy atom. The normalized spacial score (nSPS) is 16.4. The van der Waals surface area contributed by atoms with Crippen molar-refractivity contribution in [3.8, 4) is 0 Å². The highest BCUT2D eigenvalue weighted by Gasteiger charge is 2.35. The zero-order valence-electron chi connectivity index (χ0n) is 15.6. The number of ether oxygens (including phenoxy) is 1. The largest absolute Gasteiger partial charge is 0.381 e. The van der Waals surface area contributed by atoms with Crippen molar-refractivity contribution in [3.05, 3.63) is 64.7 Å². The van der Waals surface area contributed by atoms with Crippen molar-refractivity contribution in [1.29, 1.82) is 0 Å². The predicted molar refractivity (Wildman–Crippen MR) is 110 cm³/mol. The molecule has 0 aliphatic carbocycles. The molecule has 1 saturated heterocycles. The zero-order valence-corrected chi connectivity index (χ0v) is 17.1. The molecule has 28 heavy (non-hydrogen) atoms. The summed E-state index contributed by atoms with van der Waals surface area (Å²) in [5, 5.41) is 3.24. The molecular formula is C20H23ClN2O4S. The molecule has 2 aromatic rings. The van der Waals surface area contributed by atoms with Gasteiger partial charge in [-0.25, -0.2) is 8.42 Å². The predicted octanol–water partition coefficient (Wildman–Crippen LogP) is 3.19. The van der Waals surface area contributed by atoms with Gasteiger partial charge in [-0.1, -0.05) is 41.9 Å². The third kappa shape index (κ3) is 5.04. The van der Waals surface area contributed by atoms with E-state index < -0.39 is 10.0 Å². The molecule has 0 aromatic heterocycles. The third-order valence-corrected chi connectivity index (χ3v) is 5.87. The van der Waals surface area contributed by atoms with Crippen LogP contribution in [0.3, 0.4) is 0 Å². The van der Waals surface area contributed by atoms with Crippen LogP contribution in [0, 0.1) is 0 Å². The van der Waals surface area contributed by atoms with E-state index in [1.807, 2.05) is 18.2 Å². The monoisotopic (exact) mass is 422 g/mol. The van der Waals surface area contributed by atoms with Crippen molar-refractivity contribution in [2.45, 2.75) is 18.3 Å². The van der Waals surface area contributed by atoms with E-state index in [2.05, 4.69) is 22.2 Å². The summed E-state index contributed by atoms with van der Waals surface area (Å²) in [5.74, 6) is -0.344. The summed E-state index contributed by atoms with van der Waals surface area (Å²) in [6, 6.07) is 14.6. The lowest BCUT2D eigenvalue weighted by Crippen LogP contribution is -2.44. The number of rotatable bonds is 6. The van der Waals surface area contributed by atoms with Gasteiger partial charge >= 0.3 is 0 Å². The Kier molecular flexibility index (Phi) is 6.27. The van der Waals surface area contributed by atoms with Gasteiger partial charge in [0, 0.05) is 30.9 Å². The van der Waals surface area contributed by atoms with Crippen molar-refractivity contribution in [1.82, 2.24) is 5.32 Å². The number of anilines is 1. The number of sulfonamides is 1. The van der Waals surface area contributed by atoms with Crippen LogP contribution in [0.2, 0.25) is 5.02 Å². The van der Waals surface area contributed by atoms with Crippen LogP contribution in [0.25, 0.3) is 0 Å². The summed E-state index contributed by atoms with van der Waals surface area (Å²) in [5.41, 5.74) is 1.48. The molecule has 0 radical (unpaired) electrons. The van der Waals surface area contributed by atoms with Crippen LogP contribution in [-0.2, 0) is 20.2 Å². The van der Waals surface area contributed by atoms with Gasteiger partial charge in [-0.05, 0) is 36.6 Å². The molecule has 1 fully saturated rings. The number of amides is 1. The van der Waals surface area contributed by atoms with Crippen LogP contribution >= 0.6 is 11.6 Å². The minimum Gasteiger partial charge on any atom is -0.381 e. The lowest BCUT2D eigenvalue weighted by Gasteiger charge is -2.38. The highest BCUT2D eigenvalue weighted by molar-refractivity contribution is 7.92. The molecule has 1 heterocycles. The fourth-order valence-electron chi connectivity index (χ4n) is 3.44. The minimum absolute atomic E-state index is 0.204. The number of benzene rings is 2.